The number of nitrogens with zero attached hydrogens (tertiary/aromatic N) is 3. The normalized spacial score (nSPS) is 32.5. The molecule has 2 heterocycles. The van der Waals surface area contributed by atoms with Crippen molar-refractivity contribution >= 4 is 17.5 Å². The van der Waals surface area contributed by atoms with E-state index in [0.717, 1.165) is 0 Å². The number of carbonyl (C=O) groups excluding carboxylic acids is 2. The first-order chi connectivity index (χ1) is 15.2. The largest absolute Gasteiger partial charge is 0.632 e. The summed E-state index contributed by atoms with van der Waals surface area (Å²) in [6.45, 7) is 5.20. The molecule has 2 saturated heterocycles. The fourth-order valence-corrected chi connectivity index (χ4v) is 5.13. The summed E-state index contributed by atoms with van der Waals surface area (Å²) >= 11 is 0. The molecule has 174 valence electrons. The minimum Gasteiger partial charge on any atom is -0.632 e. The van der Waals surface area contributed by atoms with E-state index in [-0.39, 0.29) is 62.5 Å². The third kappa shape index (κ3) is 4.45. The van der Waals surface area contributed by atoms with Crippen molar-refractivity contribution in [3.05, 3.63) is 46.8 Å². The number of rotatable bonds is 7. The molecule has 8 heteroatoms. The molecule has 0 saturated carbocycles. The summed E-state index contributed by atoms with van der Waals surface area (Å²) in [6.07, 6.45) is 5.60. The number of piperazine rings is 1. The van der Waals surface area contributed by atoms with Gasteiger partial charge in [-0.3, -0.25) is 14.5 Å². The van der Waals surface area contributed by atoms with Gasteiger partial charge in [0.1, 0.15) is 26.2 Å². The van der Waals surface area contributed by atoms with Gasteiger partial charge in [-0.2, -0.15) is 0 Å². The third-order valence-electron chi connectivity index (χ3n) is 6.95. The molecule has 2 fully saturated rings. The van der Waals surface area contributed by atoms with Crippen LogP contribution in [0.25, 0.3) is 0 Å². The van der Waals surface area contributed by atoms with E-state index in [1.54, 1.807) is 12.1 Å². The molecule has 1 aromatic carbocycles. The molecule has 4 rings (SSSR count). The lowest BCUT2D eigenvalue weighted by Gasteiger charge is -2.54. The van der Waals surface area contributed by atoms with Gasteiger partial charge in [0.25, 0.3) is 0 Å². The summed E-state index contributed by atoms with van der Waals surface area (Å²) in [5.74, 6) is -0.0888. The lowest BCUT2D eigenvalue weighted by molar-refractivity contribution is -0.884. The third-order valence-corrected chi connectivity index (χ3v) is 6.95. The summed E-state index contributed by atoms with van der Waals surface area (Å²) in [6, 6.07) is 7.26. The second-order valence-corrected chi connectivity index (χ2v) is 9.54. The highest BCUT2D eigenvalue weighted by atomic mass is 16.6. The van der Waals surface area contributed by atoms with Crippen molar-refractivity contribution in [1.29, 1.82) is 0 Å². The highest BCUT2D eigenvalue weighted by Gasteiger charge is 2.47. The molecular weight excluding hydrogens is 410 g/mol. The van der Waals surface area contributed by atoms with Crippen LogP contribution in [0.4, 0.5) is 5.69 Å². The standard InChI is InChI=1S/C24H33N3O5/c1-18(2)32-22-11-6-5-10-21(22)27(31)16-14-26(30,15-17-27)13-7-12-25-23(28)19-8-3-4-9-20(19)24(25)29/h3-6,10-11,18-20H,7-9,12-17H2,1-2H3. The van der Waals surface area contributed by atoms with Gasteiger partial charge >= 0.3 is 0 Å². The van der Waals surface area contributed by atoms with Gasteiger partial charge in [-0.1, -0.05) is 24.3 Å². The number of allylic oxidation sites excluding steroid dienone is 2. The topological polar surface area (TPSA) is 92.7 Å². The zero-order valence-corrected chi connectivity index (χ0v) is 18.9. The van der Waals surface area contributed by atoms with Crippen LogP contribution in [-0.2, 0) is 9.59 Å². The van der Waals surface area contributed by atoms with E-state index in [0.29, 0.717) is 37.2 Å². The van der Waals surface area contributed by atoms with E-state index in [1.807, 2.05) is 38.1 Å². The van der Waals surface area contributed by atoms with Crippen molar-refractivity contribution in [1.82, 2.24) is 9.55 Å². The zero-order chi connectivity index (χ0) is 22.9. The maximum absolute atomic E-state index is 13.5. The minimum absolute atomic E-state index is 0.0439. The summed E-state index contributed by atoms with van der Waals surface area (Å²) < 4.78 is 4.80. The lowest BCUT2D eigenvalue weighted by atomic mass is 9.85. The fraction of sp³-hybridized carbons (Fsp3) is 0.583. The molecule has 1 aliphatic carbocycles. The Morgan fingerprint density at radius 3 is 2.19 bits per heavy atom. The number of fused-ring (bicyclic) bond motifs is 1. The Balaban J connectivity index is 1.33. The Hall–Kier alpha value is -2.26. The quantitative estimate of drug-likeness (QED) is 0.280. The molecule has 0 radical (unpaired) electrons. The van der Waals surface area contributed by atoms with Crippen LogP contribution in [0.1, 0.15) is 33.1 Å². The number of carbonyl (C=O) groups is 2. The highest BCUT2D eigenvalue weighted by molar-refractivity contribution is 6.05. The molecule has 0 aromatic heterocycles. The van der Waals surface area contributed by atoms with Crippen LogP contribution >= 0.6 is 0 Å². The van der Waals surface area contributed by atoms with Crippen LogP contribution in [0.3, 0.4) is 0 Å². The van der Waals surface area contributed by atoms with E-state index < -0.39 is 9.29 Å². The van der Waals surface area contributed by atoms with Gasteiger partial charge in [-0.25, -0.2) is 0 Å². The smallest absolute Gasteiger partial charge is 0.233 e. The number of para-hydroxylation sites is 2. The van der Waals surface area contributed by atoms with Gasteiger partial charge in [0.15, 0.2) is 11.4 Å². The first-order valence-electron chi connectivity index (χ1n) is 11.6. The maximum atomic E-state index is 13.5. The summed E-state index contributed by atoms with van der Waals surface area (Å²) in [5.41, 5.74) is 0.567. The van der Waals surface area contributed by atoms with Crippen LogP contribution in [0.15, 0.2) is 36.4 Å². The number of benzene rings is 1. The predicted octanol–water partition coefficient (Wildman–Crippen LogP) is 2.95. The van der Waals surface area contributed by atoms with Crippen molar-refractivity contribution < 1.29 is 19.0 Å². The van der Waals surface area contributed by atoms with Gasteiger partial charge < -0.3 is 24.4 Å². The molecule has 2 atom stereocenters. The predicted molar refractivity (Wildman–Crippen MR) is 122 cm³/mol. The molecule has 3 aliphatic rings. The monoisotopic (exact) mass is 443 g/mol. The van der Waals surface area contributed by atoms with Crippen molar-refractivity contribution in [2.45, 2.75) is 39.2 Å². The molecule has 0 bridgehead atoms. The number of hydrogen-bond acceptors (Lipinski definition) is 5. The minimum atomic E-state index is -0.565. The molecule has 32 heavy (non-hydrogen) atoms. The van der Waals surface area contributed by atoms with Gasteiger partial charge in [0.2, 0.25) is 11.8 Å². The number of ether oxygens (including phenoxy) is 1. The highest BCUT2D eigenvalue weighted by Crippen LogP contribution is 2.37. The van der Waals surface area contributed by atoms with Crippen LogP contribution in [0.5, 0.6) is 5.75 Å². The Labute approximate surface area is 189 Å². The number of quaternary nitrogens is 2. The van der Waals surface area contributed by atoms with Crippen LogP contribution in [-0.4, -0.2) is 66.7 Å². The second kappa shape index (κ2) is 8.94. The van der Waals surface area contributed by atoms with Crippen molar-refractivity contribution in [2.75, 3.05) is 39.3 Å². The zero-order valence-electron chi connectivity index (χ0n) is 18.9. The van der Waals surface area contributed by atoms with E-state index in [2.05, 4.69) is 0 Å². The van der Waals surface area contributed by atoms with E-state index in [4.69, 9.17) is 4.74 Å². The van der Waals surface area contributed by atoms with Gasteiger partial charge in [0.05, 0.1) is 24.5 Å². The number of imide groups is 1. The van der Waals surface area contributed by atoms with E-state index >= 15 is 0 Å². The Kier molecular flexibility index (Phi) is 6.40. The number of likely N-dealkylation sites (tertiary alicyclic amines) is 1. The van der Waals surface area contributed by atoms with E-state index in [1.165, 1.54) is 4.90 Å². The Morgan fingerprint density at radius 1 is 1.00 bits per heavy atom. The first-order valence-corrected chi connectivity index (χ1v) is 11.6. The molecule has 8 nitrogen and oxygen atoms in total. The van der Waals surface area contributed by atoms with Crippen molar-refractivity contribution in [2.24, 2.45) is 11.8 Å². The van der Waals surface area contributed by atoms with Crippen molar-refractivity contribution in [3.8, 4) is 5.75 Å². The van der Waals surface area contributed by atoms with Crippen molar-refractivity contribution in [3.63, 3.8) is 0 Å². The average molecular weight is 444 g/mol. The SMILES string of the molecule is CC(C)Oc1ccccc1[N+]1([O-])CC[N+]([O-])(CCCN2C(=O)C3CC=CCC3C2=O)CC1. The molecule has 2 unspecified atom stereocenters. The van der Waals surface area contributed by atoms with Crippen LogP contribution < -0.4 is 9.38 Å². The summed E-state index contributed by atoms with van der Waals surface area (Å²) in [5, 5.41) is 26.8. The van der Waals surface area contributed by atoms with Gasteiger partial charge in [-0.05, 0) is 32.8 Å². The van der Waals surface area contributed by atoms with Gasteiger partial charge in [-0.15, -0.1) is 0 Å². The Bertz CT molecular complexity index is 865. The number of hydrogen-bond donors (Lipinski definition) is 0. The molecule has 0 N–H and O–H groups in total. The summed E-state index contributed by atoms with van der Waals surface area (Å²) in [7, 11) is 0. The molecular formula is C24H33N3O5. The fourth-order valence-electron chi connectivity index (χ4n) is 5.13. The Morgan fingerprint density at radius 2 is 1.59 bits per heavy atom. The van der Waals surface area contributed by atoms with Crippen LogP contribution in [0.2, 0.25) is 0 Å². The van der Waals surface area contributed by atoms with Gasteiger partial charge in [0, 0.05) is 19.0 Å². The number of hydroxylamine groups is 5. The molecule has 0 spiro atoms. The average Bonchev–Trinajstić information content (AvgIpc) is 3.01. The maximum Gasteiger partial charge on any atom is 0.233 e. The summed E-state index contributed by atoms with van der Waals surface area (Å²) in [4.78, 5) is 26.5. The van der Waals surface area contributed by atoms with E-state index in [9.17, 15) is 20.0 Å². The first kappa shape index (κ1) is 22.9. The molecule has 1 aromatic rings. The van der Waals surface area contributed by atoms with Crippen LogP contribution in [0, 0.1) is 22.3 Å². The lowest BCUT2D eigenvalue weighted by Crippen LogP contribution is -2.63. The number of amides is 2. The second-order valence-electron chi connectivity index (χ2n) is 9.54. The molecule has 2 amide bonds. The molecule has 2 aliphatic heterocycles.